The maximum atomic E-state index is 3.44. The summed E-state index contributed by atoms with van der Waals surface area (Å²) in [5, 5.41) is 10.1. The fraction of sp³-hybridized carbons (Fsp3) is 0. The first kappa shape index (κ1) is 3.77. The van der Waals surface area contributed by atoms with Crippen LogP contribution in [0.5, 0.6) is 0 Å². The average Bonchev–Trinajstić information content (AvgIpc) is 1.86. The van der Waals surface area contributed by atoms with Crippen LogP contribution in [0.3, 0.4) is 0 Å². The van der Waals surface area contributed by atoms with Gasteiger partial charge in [-0.05, 0) is 0 Å². The van der Waals surface area contributed by atoms with Gasteiger partial charge in [0, 0.05) is 0 Å². The van der Waals surface area contributed by atoms with E-state index in [0.29, 0.717) is 0 Å². The van der Waals surface area contributed by atoms with Crippen molar-refractivity contribution in [2.24, 2.45) is 0 Å². The minimum absolute atomic E-state index is 1.47. The molecule has 5 heteroatoms. The Morgan fingerprint density at radius 3 is 2.67 bits per heavy atom. The van der Waals surface area contributed by atoms with Gasteiger partial charge in [-0.2, -0.15) is 0 Å². The molecule has 0 fully saturated rings. The number of hydrogen-bond acceptors (Lipinski definition) is 3. The second-order valence-corrected chi connectivity index (χ2v) is 1.59. The first-order valence-corrected chi connectivity index (χ1v) is 2.16. The van der Waals surface area contributed by atoms with Gasteiger partial charge in [0.25, 0.3) is 0 Å². The SMILES string of the molecule is [SeH]n1cnnn1. The molecule has 1 aromatic rings. The Balaban J connectivity index is 3.05. The molecular formula is CH2N4Se. The van der Waals surface area contributed by atoms with Gasteiger partial charge in [-0.1, -0.05) is 0 Å². The Hall–Kier alpha value is -0.411. The fourth-order valence-electron chi connectivity index (χ4n) is 0.156. The van der Waals surface area contributed by atoms with Crippen LogP contribution in [0.25, 0.3) is 0 Å². The molecule has 0 aromatic carbocycles. The topological polar surface area (TPSA) is 43.6 Å². The summed E-state index contributed by atoms with van der Waals surface area (Å²) >= 11 is 2.16. The molecule has 0 aliphatic carbocycles. The summed E-state index contributed by atoms with van der Waals surface area (Å²) in [5.41, 5.74) is 0. The molecule has 0 saturated carbocycles. The molecule has 4 nitrogen and oxygen atoms in total. The summed E-state index contributed by atoms with van der Waals surface area (Å²) in [5.74, 6) is 0. The Morgan fingerprint density at radius 1 is 1.67 bits per heavy atom. The molecule has 1 heterocycles. The molecule has 1 rings (SSSR count). The van der Waals surface area contributed by atoms with E-state index < -0.39 is 0 Å². The van der Waals surface area contributed by atoms with Crippen molar-refractivity contribution in [1.29, 1.82) is 0 Å². The van der Waals surface area contributed by atoms with Gasteiger partial charge < -0.3 is 0 Å². The molecule has 6 heavy (non-hydrogen) atoms. The van der Waals surface area contributed by atoms with Gasteiger partial charge in [-0.15, -0.1) is 0 Å². The van der Waals surface area contributed by atoms with Crippen LogP contribution in [0.15, 0.2) is 6.33 Å². The predicted molar refractivity (Wildman–Crippen MR) is 20.4 cm³/mol. The zero-order valence-corrected chi connectivity index (χ0v) is 4.69. The van der Waals surface area contributed by atoms with Crippen molar-refractivity contribution in [3.05, 3.63) is 6.33 Å². The van der Waals surface area contributed by atoms with E-state index in [0.717, 1.165) is 0 Å². The summed E-state index contributed by atoms with van der Waals surface area (Å²) < 4.78 is 1.47. The zero-order valence-electron chi connectivity index (χ0n) is 2.81. The van der Waals surface area contributed by atoms with E-state index in [2.05, 4.69) is 31.8 Å². The van der Waals surface area contributed by atoms with Gasteiger partial charge >= 0.3 is 41.8 Å². The van der Waals surface area contributed by atoms with Crippen LogP contribution < -0.4 is 0 Å². The van der Waals surface area contributed by atoms with Crippen molar-refractivity contribution in [3.8, 4) is 0 Å². The summed E-state index contributed by atoms with van der Waals surface area (Å²) in [6.45, 7) is 0. The van der Waals surface area contributed by atoms with Crippen LogP contribution in [0.1, 0.15) is 0 Å². The molecule has 0 N–H and O–H groups in total. The molecule has 0 radical (unpaired) electrons. The zero-order chi connectivity index (χ0) is 4.41. The van der Waals surface area contributed by atoms with E-state index in [1.54, 1.807) is 0 Å². The van der Waals surface area contributed by atoms with Crippen molar-refractivity contribution < 1.29 is 0 Å². The summed E-state index contributed by atoms with van der Waals surface area (Å²) in [6, 6.07) is 0. The molecule has 0 unspecified atom stereocenters. The van der Waals surface area contributed by atoms with Crippen LogP contribution >= 0.6 is 0 Å². The fourth-order valence-corrected chi connectivity index (χ4v) is 0.328. The van der Waals surface area contributed by atoms with Crippen LogP contribution in [0.2, 0.25) is 0 Å². The monoisotopic (exact) mass is 150 g/mol. The van der Waals surface area contributed by atoms with E-state index in [1.165, 1.54) is 10.0 Å². The Labute approximate surface area is 42.6 Å². The average molecular weight is 149 g/mol. The molecule has 32 valence electrons. The second-order valence-electron chi connectivity index (χ2n) is 0.730. The molecule has 0 aliphatic rings. The van der Waals surface area contributed by atoms with Crippen molar-refractivity contribution in [2.75, 3.05) is 0 Å². The number of rotatable bonds is 0. The van der Waals surface area contributed by atoms with Crippen LogP contribution in [0.4, 0.5) is 0 Å². The molecule has 0 saturated heterocycles. The van der Waals surface area contributed by atoms with Crippen LogP contribution in [-0.2, 0) is 0 Å². The third kappa shape index (κ3) is 0.554. The van der Waals surface area contributed by atoms with Gasteiger partial charge in [0.15, 0.2) is 0 Å². The normalized spacial score (nSPS) is 8.83. The van der Waals surface area contributed by atoms with E-state index in [-0.39, 0.29) is 0 Å². The van der Waals surface area contributed by atoms with Crippen molar-refractivity contribution in [2.45, 2.75) is 0 Å². The Kier molecular flexibility index (Phi) is 0.855. The molecule has 0 bridgehead atoms. The van der Waals surface area contributed by atoms with Crippen molar-refractivity contribution in [3.63, 3.8) is 0 Å². The van der Waals surface area contributed by atoms with E-state index in [1.807, 2.05) is 0 Å². The van der Waals surface area contributed by atoms with Crippen molar-refractivity contribution >= 4 is 16.2 Å². The van der Waals surface area contributed by atoms with Crippen LogP contribution in [-0.4, -0.2) is 35.5 Å². The van der Waals surface area contributed by atoms with Gasteiger partial charge in [0.05, 0.1) is 0 Å². The van der Waals surface area contributed by atoms with Crippen LogP contribution in [0, 0.1) is 0 Å². The quantitative estimate of drug-likeness (QED) is 0.414. The van der Waals surface area contributed by atoms with Gasteiger partial charge in [-0.25, -0.2) is 0 Å². The number of hydrogen-bond donors (Lipinski definition) is 0. The first-order valence-electron chi connectivity index (χ1n) is 1.32. The molecular weight excluding hydrogens is 147 g/mol. The summed E-state index contributed by atoms with van der Waals surface area (Å²) in [4.78, 5) is 0. The summed E-state index contributed by atoms with van der Waals surface area (Å²) in [6.07, 6.45) is 1.50. The van der Waals surface area contributed by atoms with E-state index >= 15 is 0 Å². The Morgan fingerprint density at radius 2 is 2.50 bits per heavy atom. The predicted octanol–water partition coefficient (Wildman–Crippen LogP) is -1.66. The molecule has 0 aliphatic heterocycles. The molecule has 0 amide bonds. The van der Waals surface area contributed by atoms with E-state index in [9.17, 15) is 0 Å². The van der Waals surface area contributed by atoms with Gasteiger partial charge in [0.1, 0.15) is 0 Å². The van der Waals surface area contributed by atoms with Gasteiger partial charge in [0.2, 0.25) is 0 Å². The minimum atomic E-state index is 1.47. The summed E-state index contributed by atoms with van der Waals surface area (Å²) in [7, 11) is 0. The first-order chi connectivity index (χ1) is 2.89. The Bertz CT molecular complexity index is 111. The molecule has 0 spiro atoms. The van der Waals surface area contributed by atoms with Crippen molar-refractivity contribution in [1.82, 2.24) is 19.2 Å². The second kappa shape index (κ2) is 1.36. The molecule has 0 atom stereocenters. The third-order valence-electron chi connectivity index (χ3n) is 0.338. The number of nitrogens with zero attached hydrogens (tertiary/aromatic N) is 4. The number of tetrazole rings is 1. The number of aromatic nitrogens is 4. The third-order valence-corrected chi connectivity index (χ3v) is 0.723. The van der Waals surface area contributed by atoms with Gasteiger partial charge in [-0.3, -0.25) is 0 Å². The standard InChI is InChI=1S/CH2N4Se/c6-5-1-2-3-4-5/h1,6H. The maximum absolute atomic E-state index is 3.44. The molecule has 1 aromatic heterocycles. The van der Waals surface area contributed by atoms with E-state index in [4.69, 9.17) is 0 Å².